The van der Waals surface area contributed by atoms with Crippen molar-refractivity contribution in [2.24, 2.45) is 0 Å². The van der Waals surface area contributed by atoms with Crippen molar-refractivity contribution in [3.63, 3.8) is 0 Å². The molecule has 3 aromatic rings. The smallest absolute Gasteiger partial charge is 0.194 e. The van der Waals surface area contributed by atoms with Crippen LogP contribution in [-0.4, -0.2) is 14.5 Å². The Morgan fingerprint density at radius 3 is 2.85 bits per heavy atom. The minimum absolute atomic E-state index is 0.484. The van der Waals surface area contributed by atoms with Gasteiger partial charge in [0.05, 0.1) is 18.0 Å². The second-order valence-corrected chi connectivity index (χ2v) is 6.61. The second kappa shape index (κ2) is 5.68. The molecule has 1 N–H and O–H groups in total. The molecule has 0 bridgehead atoms. The molecule has 20 heavy (non-hydrogen) atoms. The van der Waals surface area contributed by atoms with Crippen molar-refractivity contribution in [2.75, 3.05) is 0 Å². The topological polar surface area (TPSA) is 37.5 Å². The molecule has 1 aromatic carbocycles. The van der Waals surface area contributed by atoms with Crippen LogP contribution < -0.4 is 0 Å². The van der Waals surface area contributed by atoms with Crippen LogP contribution in [0.3, 0.4) is 0 Å². The Bertz CT molecular complexity index is 717. The molecule has 0 spiro atoms. The first-order chi connectivity index (χ1) is 9.65. The average molecular weight is 351 g/mol. The number of benzene rings is 1. The van der Waals surface area contributed by atoms with Crippen LogP contribution in [0.15, 0.2) is 40.3 Å². The Labute approximate surface area is 130 Å². The van der Waals surface area contributed by atoms with E-state index in [1.807, 2.05) is 23.5 Å². The van der Waals surface area contributed by atoms with Crippen LogP contribution in [0.25, 0.3) is 4.96 Å². The Morgan fingerprint density at radius 2 is 2.10 bits per heavy atom. The van der Waals surface area contributed by atoms with Crippen molar-refractivity contribution in [1.29, 1.82) is 0 Å². The molecule has 104 valence electrons. The molecule has 0 amide bonds. The molecule has 0 aliphatic carbocycles. The van der Waals surface area contributed by atoms with Gasteiger partial charge in [-0.15, -0.1) is 11.3 Å². The first-order valence-corrected chi connectivity index (χ1v) is 8.16. The number of aliphatic hydroxyl groups is 1. The third kappa shape index (κ3) is 2.66. The van der Waals surface area contributed by atoms with Gasteiger partial charge in [0.2, 0.25) is 0 Å². The van der Waals surface area contributed by atoms with Gasteiger partial charge in [0, 0.05) is 15.5 Å². The Morgan fingerprint density at radius 1 is 1.35 bits per heavy atom. The third-order valence-corrected chi connectivity index (χ3v) is 4.89. The highest BCUT2D eigenvalue weighted by Crippen LogP contribution is 2.25. The maximum absolute atomic E-state index is 10.4. The van der Waals surface area contributed by atoms with Gasteiger partial charge < -0.3 is 5.11 Å². The van der Waals surface area contributed by atoms with Gasteiger partial charge in [-0.2, -0.15) is 0 Å². The maximum atomic E-state index is 10.4. The summed E-state index contributed by atoms with van der Waals surface area (Å²) in [6.07, 6.45) is 2.85. The Hall–Kier alpha value is -1.17. The van der Waals surface area contributed by atoms with Crippen LogP contribution in [-0.2, 0) is 6.42 Å². The van der Waals surface area contributed by atoms with Crippen molar-refractivity contribution in [3.05, 3.63) is 57.3 Å². The summed E-state index contributed by atoms with van der Waals surface area (Å²) in [7, 11) is 0. The molecule has 0 aliphatic heterocycles. The lowest BCUT2D eigenvalue weighted by Gasteiger charge is -2.10. The fourth-order valence-corrected chi connectivity index (χ4v) is 3.43. The summed E-state index contributed by atoms with van der Waals surface area (Å²) in [5, 5.41) is 12.5. The summed E-state index contributed by atoms with van der Waals surface area (Å²) in [6, 6.07) is 8.22. The molecule has 0 radical (unpaired) electrons. The van der Waals surface area contributed by atoms with Crippen molar-refractivity contribution in [3.8, 4) is 0 Å². The molecule has 1 atom stereocenters. The molecule has 3 rings (SSSR count). The number of hydrogen-bond donors (Lipinski definition) is 1. The van der Waals surface area contributed by atoms with Crippen LogP contribution in [0, 0.1) is 6.92 Å². The summed E-state index contributed by atoms with van der Waals surface area (Å²) in [4.78, 5) is 5.29. The van der Waals surface area contributed by atoms with Crippen LogP contribution >= 0.6 is 27.3 Å². The lowest BCUT2D eigenvalue weighted by atomic mass is 10.1. The molecule has 1 unspecified atom stereocenters. The molecule has 3 nitrogen and oxygen atoms in total. The molecule has 0 fully saturated rings. The Kier molecular flexibility index (Phi) is 3.92. The number of aromatic nitrogens is 2. The molecule has 0 saturated heterocycles. The Balaban J connectivity index is 1.74. The first-order valence-electron chi connectivity index (χ1n) is 6.49. The highest BCUT2D eigenvalue weighted by molar-refractivity contribution is 9.10. The predicted octanol–water partition coefficient (Wildman–Crippen LogP) is 4.13. The van der Waals surface area contributed by atoms with E-state index in [0.29, 0.717) is 6.42 Å². The van der Waals surface area contributed by atoms with Gasteiger partial charge in [-0.3, -0.25) is 4.40 Å². The van der Waals surface area contributed by atoms with Crippen molar-refractivity contribution < 1.29 is 5.11 Å². The molecule has 5 heteroatoms. The minimum Gasteiger partial charge on any atom is -0.387 e. The van der Waals surface area contributed by atoms with Gasteiger partial charge in [-0.1, -0.05) is 28.1 Å². The van der Waals surface area contributed by atoms with E-state index < -0.39 is 6.10 Å². The number of aryl methyl sites for hydroxylation is 2. The zero-order valence-corrected chi connectivity index (χ0v) is 13.5. The van der Waals surface area contributed by atoms with Crippen molar-refractivity contribution in [1.82, 2.24) is 9.38 Å². The normalized spacial score (nSPS) is 12.9. The van der Waals surface area contributed by atoms with Gasteiger partial charge in [-0.05, 0) is 37.5 Å². The summed E-state index contributed by atoms with van der Waals surface area (Å²) >= 11 is 5.03. The third-order valence-electron chi connectivity index (χ3n) is 3.41. The maximum Gasteiger partial charge on any atom is 0.194 e. The summed E-state index contributed by atoms with van der Waals surface area (Å²) in [6.45, 7) is 2.04. The fraction of sp³-hybridized carbons (Fsp3) is 0.267. The zero-order chi connectivity index (χ0) is 14.1. The number of aliphatic hydroxyl groups excluding tert-OH is 1. The quantitative estimate of drug-likeness (QED) is 0.767. The van der Waals surface area contributed by atoms with E-state index in [2.05, 4.69) is 38.4 Å². The van der Waals surface area contributed by atoms with E-state index in [1.165, 1.54) is 5.56 Å². The number of rotatable bonds is 4. The first kappa shape index (κ1) is 13.8. The van der Waals surface area contributed by atoms with E-state index in [1.54, 1.807) is 17.5 Å². The van der Waals surface area contributed by atoms with Crippen molar-refractivity contribution in [2.45, 2.75) is 25.9 Å². The van der Waals surface area contributed by atoms with E-state index in [9.17, 15) is 5.11 Å². The van der Waals surface area contributed by atoms with Gasteiger partial charge in [0.1, 0.15) is 0 Å². The van der Waals surface area contributed by atoms with Crippen LogP contribution in [0.5, 0.6) is 0 Å². The van der Waals surface area contributed by atoms with Crippen LogP contribution in [0.4, 0.5) is 0 Å². The van der Waals surface area contributed by atoms with Crippen molar-refractivity contribution >= 4 is 32.2 Å². The van der Waals surface area contributed by atoms with Crippen LogP contribution in [0.2, 0.25) is 0 Å². The van der Waals surface area contributed by atoms with Gasteiger partial charge in [-0.25, -0.2) is 4.98 Å². The number of imidazole rings is 1. The zero-order valence-electron chi connectivity index (χ0n) is 11.1. The lowest BCUT2D eigenvalue weighted by molar-refractivity contribution is 0.162. The summed E-state index contributed by atoms with van der Waals surface area (Å²) in [5.74, 6) is 0. The molecule has 0 saturated carbocycles. The molecular formula is C15H15BrN2OS. The SMILES string of the molecule is Cc1csc2ncc(C(O)CCc3ccc(Br)cc3)n12. The van der Waals surface area contributed by atoms with E-state index >= 15 is 0 Å². The summed E-state index contributed by atoms with van der Waals surface area (Å²) < 4.78 is 3.12. The lowest BCUT2D eigenvalue weighted by Crippen LogP contribution is -2.03. The molecule has 2 heterocycles. The minimum atomic E-state index is -0.484. The second-order valence-electron chi connectivity index (χ2n) is 4.86. The van der Waals surface area contributed by atoms with Crippen LogP contribution in [0.1, 0.15) is 29.5 Å². The number of thiazole rings is 1. The average Bonchev–Trinajstić information content (AvgIpc) is 3.01. The highest BCUT2D eigenvalue weighted by atomic mass is 79.9. The van der Waals surface area contributed by atoms with Gasteiger partial charge >= 0.3 is 0 Å². The number of nitrogens with zero attached hydrogens (tertiary/aromatic N) is 2. The van der Waals surface area contributed by atoms with Gasteiger partial charge in [0.25, 0.3) is 0 Å². The summed E-state index contributed by atoms with van der Waals surface area (Å²) in [5.41, 5.74) is 3.24. The standard InChI is InChI=1S/C15H15BrN2OS/c1-10-9-20-15-17-8-13(18(10)15)14(19)7-4-11-2-5-12(16)6-3-11/h2-3,5-6,8-9,14,19H,4,7H2,1H3. The number of hydrogen-bond acceptors (Lipinski definition) is 3. The van der Waals surface area contributed by atoms with E-state index in [0.717, 1.165) is 27.2 Å². The van der Waals surface area contributed by atoms with E-state index in [-0.39, 0.29) is 0 Å². The fourth-order valence-electron chi connectivity index (χ4n) is 2.31. The highest BCUT2D eigenvalue weighted by Gasteiger charge is 2.15. The molecule has 0 aliphatic rings. The van der Waals surface area contributed by atoms with E-state index in [4.69, 9.17) is 0 Å². The largest absolute Gasteiger partial charge is 0.387 e. The molecule has 2 aromatic heterocycles. The number of halogens is 1. The predicted molar refractivity (Wildman–Crippen MR) is 85.2 cm³/mol. The molecular weight excluding hydrogens is 336 g/mol. The number of fused-ring (bicyclic) bond motifs is 1. The monoisotopic (exact) mass is 350 g/mol. The van der Waals surface area contributed by atoms with Gasteiger partial charge in [0.15, 0.2) is 4.96 Å².